The van der Waals surface area contributed by atoms with E-state index in [-0.39, 0.29) is 11.8 Å². The molecule has 1 unspecified atom stereocenters. The number of methoxy groups -OCH3 is 1. The molecule has 1 aromatic rings. The third kappa shape index (κ3) is 3.55. The minimum atomic E-state index is -0.778. The molecule has 1 atom stereocenters. The molecule has 1 aliphatic carbocycles. The largest absolute Gasteiger partial charge is 0.496 e. The summed E-state index contributed by atoms with van der Waals surface area (Å²) in [7, 11) is 1.63. The second-order valence-electron chi connectivity index (χ2n) is 6.13. The Bertz CT molecular complexity index is 706. The van der Waals surface area contributed by atoms with Gasteiger partial charge in [-0.1, -0.05) is 24.3 Å². The molecule has 2 aliphatic rings. The van der Waals surface area contributed by atoms with Gasteiger partial charge in [0.15, 0.2) is 0 Å². The van der Waals surface area contributed by atoms with E-state index in [0.29, 0.717) is 13.0 Å². The first kappa shape index (κ1) is 16.4. The fourth-order valence-electron chi connectivity index (χ4n) is 3.22. The van der Waals surface area contributed by atoms with Crippen molar-refractivity contribution in [1.29, 1.82) is 0 Å². The van der Waals surface area contributed by atoms with Gasteiger partial charge >= 0.3 is 0 Å². The number of ether oxygens (including phenoxy) is 1. The van der Waals surface area contributed by atoms with Gasteiger partial charge in [0.25, 0.3) is 5.91 Å². The molecule has 1 aromatic carbocycles. The average molecular weight is 326 g/mol. The molecular weight excluding hydrogens is 304 g/mol. The second-order valence-corrected chi connectivity index (χ2v) is 6.13. The Morgan fingerprint density at radius 1 is 1.29 bits per heavy atom. The lowest BCUT2D eigenvalue weighted by molar-refractivity contribution is -0.131. The maximum atomic E-state index is 12.4. The van der Waals surface area contributed by atoms with Crippen LogP contribution in [0.3, 0.4) is 0 Å². The van der Waals surface area contributed by atoms with Crippen molar-refractivity contribution in [3.05, 3.63) is 41.5 Å². The van der Waals surface area contributed by atoms with Crippen molar-refractivity contribution < 1.29 is 14.3 Å². The van der Waals surface area contributed by atoms with Gasteiger partial charge < -0.3 is 10.1 Å². The number of dihydropyridines is 1. The van der Waals surface area contributed by atoms with E-state index in [2.05, 4.69) is 10.3 Å². The monoisotopic (exact) mass is 326 g/mol. The third-order valence-electron chi connectivity index (χ3n) is 4.53. The zero-order chi connectivity index (χ0) is 16.9. The molecule has 1 aliphatic heterocycles. The minimum absolute atomic E-state index is 0.268. The number of benzene rings is 1. The lowest BCUT2D eigenvalue weighted by atomic mass is 9.87. The van der Waals surface area contributed by atoms with E-state index in [1.165, 1.54) is 0 Å². The summed E-state index contributed by atoms with van der Waals surface area (Å²) in [5.41, 5.74) is 2.98. The first-order valence-corrected chi connectivity index (χ1v) is 8.41. The Hall–Kier alpha value is -2.43. The number of carbonyl (C=O) groups excluding carboxylic acids is 2. The number of hydrogen-bond acceptors (Lipinski definition) is 3. The fraction of sp³-hybridized carbons (Fsp3) is 0.421. The van der Waals surface area contributed by atoms with E-state index in [4.69, 9.17) is 4.74 Å². The van der Waals surface area contributed by atoms with Crippen LogP contribution in [0.1, 0.15) is 31.2 Å². The van der Waals surface area contributed by atoms with E-state index in [1.807, 2.05) is 30.3 Å². The zero-order valence-electron chi connectivity index (χ0n) is 13.9. The molecule has 126 valence electrons. The highest BCUT2D eigenvalue weighted by Crippen LogP contribution is 2.26. The highest BCUT2D eigenvalue weighted by Gasteiger charge is 2.30. The number of rotatable bonds is 5. The molecule has 3 rings (SSSR count). The average Bonchev–Trinajstić information content (AvgIpc) is 2.61. The molecule has 5 nitrogen and oxygen atoms in total. The Morgan fingerprint density at radius 3 is 2.92 bits per heavy atom. The van der Waals surface area contributed by atoms with Crippen LogP contribution in [0.25, 0.3) is 0 Å². The maximum Gasteiger partial charge on any atom is 0.262 e. The fourth-order valence-corrected chi connectivity index (χ4v) is 3.22. The van der Waals surface area contributed by atoms with Crippen molar-refractivity contribution in [2.75, 3.05) is 13.7 Å². The predicted octanol–water partition coefficient (Wildman–Crippen LogP) is 2.45. The van der Waals surface area contributed by atoms with Crippen LogP contribution in [-0.2, 0) is 16.0 Å². The molecule has 0 radical (unpaired) electrons. The van der Waals surface area contributed by atoms with Crippen LogP contribution >= 0.6 is 0 Å². The number of nitrogens with zero attached hydrogens (tertiary/aromatic N) is 1. The molecule has 1 fully saturated rings. The number of para-hydroxylation sites is 1. The summed E-state index contributed by atoms with van der Waals surface area (Å²) in [6, 6.07) is 7.71. The molecular formula is C19H22N2O3. The third-order valence-corrected chi connectivity index (χ3v) is 4.53. The minimum Gasteiger partial charge on any atom is -0.496 e. The van der Waals surface area contributed by atoms with Crippen molar-refractivity contribution in [2.24, 2.45) is 10.9 Å². The Kier molecular flexibility index (Phi) is 5.08. The highest BCUT2D eigenvalue weighted by molar-refractivity contribution is 6.15. The van der Waals surface area contributed by atoms with Crippen LogP contribution in [-0.4, -0.2) is 31.2 Å². The van der Waals surface area contributed by atoms with Crippen LogP contribution in [0.2, 0.25) is 0 Å². The van der Waals surface area contributed by atoms with Crippen LogP contribution in [0, 0.1) is 5.92 Å². The Balaban J connectivity index is 1.58. The number of hydrogen-bond donors (Lipinski definition) is 1. The first-order chi connectivity index (χ1) is 11.7. The SMILES string of the molecule is COc1ccccc1CCNC(=O)C1C=C2CCCCC2=NC1=O. The van der Waals surface area contributed by atoms with Gasteiger partial charge in [-0.2, -0.15) is 0 Å². The summed E-state index contributed by atoms with van der Waals surface area (Å²) < 4.78 is 5.30. The second kappa shape index (κ2) is 7.43. The topological polar surface area (TPSA) is 67.8 Å². The number of allylic oxidation sites excluding steroid dienone is 1. The lowest BCUT2D eigenvalue weighted by Gasteiger charge is -2.23. The summed E-state index contributed by atoms with van der Waals surface area (Å²) in [5.74, 6) is -0.584. The summed E-state index contributed by atoms with van der Waals surface area (Å²) in [5, 5.41) is 2.85. The van der Waals surface area contributed by atoms with Gasteiger partial charge in [0, 0.05) is 12.3 Å². The Morgan fingerprint density at radius 2 is 2.08 bits per heavy atom. The van der Waals surface area contributed by atoms with Gasteiger partial charge in [0.1, 0.15) is 11.7 Å². The van der Waals surface area contributed by atoms with Crippen LogP contribution in [0.5, 0.6) is 5.75 Å². The van der Waals surface area contributed by atoms with Gasteiger partial charge in [-0.25, -0.2) is 4.99 Å². The maximum absolute atomic E-state index is 12.4. The van der Waals surface area contributed by atoms with Gasteiger partial charge in [-0.05, 0) is 49.3 Å². The van der Waals surface area contributed by atoms with Gasteiger partial charge in [-0.15, -0.1) is 0 Å². The van der Waals surface area contributed by atoms with E-state index in [0.717, 1.165) is 48.3 Å². The summed E-state index contributed by atoms with van der Waals surface area (Å²) in [4.78, 5) is 28.6. The van der Waals surface area contributed by atoms with Crippen molar-refractivity contribution in [3.8, 4) is 5.75 Å². The quantitative estimate of drug-likeness (QED) is 0.845. The van der Waals surface area contributed by atoms with Crippen molar-refractivity contribution in [2.45, 2.75) is 32.1 Å². The standard InChI is InChI=1S/C19H22N2O3/c1-24-17-9-5-3-6-13(17)10-11-20-18(22)15-12-14-7-2-4-8-16(14)21-19(15)23/h3,5-6,9,12,15H,2,4,7-8,10-11H2,1H3,(H,20,22). The number of fused-ring (bicyclic) bond motifs is 1. The molecule has 1 heterocycles. The van der Waals surface area contributed by atoms with E-state index < -0.39 is 5.92 Å². The van der Waals surface area contributed by atoms with Crippen LogP contribution < -0.4 is 10.1 Å². The molecule has 0 saturated heterocycles. The molecule has 2 amide bonds. The normalized spacial score (nSPS) is 19.9. The van der Waals surface area contributed by atoms with Gasteiger partial charge in [0.2, 0.25) is 5.91 Å². The number of amides is 2. The smallest absolute Gasteiger partial charge is 0.262 e. The predicted molar refractivity (Wildman–Crippen MR) is 92.2 cm³/mol. The molecule has 1 saturated carbocycles. The van der Waals surface area contributed by atoms with E-state index >= 15 is 0 Å². The molecule has 0 spiro atoms. The molecule has 5 heteroatoms. The molecule has 0 aromatic heterocycles. The van der Waals surface area contributed by atoms with E-state index in [9.17, 15) is 9.59 Å². The summed E-state index contributed by atoms with van der Waals surface area (Å²) in [6.07, 6.45) is 6.39. The van der Waals surface area contributed by atoms with Crippen molar-refractivity contribution >= 4 is 17.5 Å². The Labute approximate surface area is 141 Å². The van der Waals surface area contributed by atoms with E-state index in [1.54, 1.807) is 7.11 Å². The molecule has 1 N–H and O–H groups in total. The lowest BCUT2D eigenvalue weighted by Crippen LogP contribution is -2.37. The molecule has 0 bridgehead atoms. The zero-order valence-corrected chi connectivity index (χ0v) is 13.9. The van der Waals surface area contributed by atoms with Crippen molar-refractivity contribution in [3.63, 3.8) is 0 Å². The van der Waals surface area contributed by atoms with Crippen LogP contribution in [0.15, 0.2) is 40.9 Å². The number of nitrogens with one attached hydrogen (secondary N) is 1. The molecule has 24 heavy (non-hydrogen) atoms. The first-order valence-electron chi connectivity index (χ1n) is 8.41. The summed E-state index contributed by atoms with van der Waals surface area (Å²) >= 11 is 0. The number of aliphatic imine (C=N–C) groups is 1. The number of carbonyl (C=O) groups is 2. The van der Waals surface area contributed by atoms with Gasteiger partial charge in [0.05, 0.1) is 7.11 Å². The van der Waals surface area contributed by atoms with Crippen LogP contribution in [0.4, 0.5) is 0 Å². The van der Waals surface area contributed by atoms with Gasteiger partial charge in [-0.3, -0.25) is 9.59 Å². The van der Waals surface area contributed by atoms with Crippen molar-refractivity contribution in [1.82, 2.24) is 5.32 Å². The highest BCUT2D eigenvalue weighted by atomic mass is 16.5. The summed E-state index contributed by atoms with van der Waals surface area (Å²) in [6.45, 7) is 0.461.